The summed E-state index contributed by atoms with van der Waals surface area (Å²) in [5.41, 5.74) is 9.39. The minimum Gasteiger partial charge on any atom is -0.324 e. The van der Waals surface area contributed by atoms with Gasteiger partial charge >= 0.3 is 0 Å². The normalized spacial score (nSPS) is 11.7. The molecule has 0 aliphatic heterocycles. The van der Waals surface area contributed by atoms with Crippen LogP contribution < -0.4 is 11.1 Å². The Hall–Kier alpha value is -2.22. The highest BCUT2D eigenvalue weighted by molar-refractivity contribution is 6.32. The van der Waals surface area contributed by atoms with E-state index in [4.69, 9.17) is 17.3 Å². The van der Waals surface area contributed by atoms with Gasteiger partial charge in [-0.25, -0.2) is 9.97 Å². The summed E-state index contributed by atoms with van der Waals surface area (Å²) in [6, 6.07) is 3.71. The van der Waals surface area contributed by atoms with Gasteiger partial charge in [-0.2, -0.15) is 10.1 Å². The second-order valence-electron chi connectivity index (χ2n) is 5.59. The minimum absolute atomic E-state index is 0. The van der Waals surface area contributed by atoms with Gasteiger partial charge in [-0.05, 0) is 25.0 Å². The van der Waals surface area contributed by atoms with Crippen molar-refractivity contribution in [3.63, 3.8) is 0 Å². The molecule has 0 aliphatic carbocycles. The Kier molecular flexibility index (Phi) is 5.94. The van der Waals surface area contributed by atoms with Crippen molar-refractivity contribution in [3.8, 4) is 11.4 Å². The van der Waals surface area contributed by atoms with Crippen LogP contribution in [-0.2, 0) is 7.05 Å². The summed E-state index contributed by atoms with van der Waals surface area (Å²) in [6.07, 6.45) is 5.00. The Balaban J connectivity index is 0.00000225. The van der Waals surface area contributed by atoms with Gasteiger partial charge in [-0.3, -0.25) is 4.68 Å². The molecule has 0 aliphatic rings. The van der Waals surface area contributed by atoms with E-state index < -0.39 is 0 Å². The highest BCUT2D eigenvalue weighted by Gasteiger charge is 2.14. The molecule has 132 valence electrons. The Morgan fingerprint density at radius 3 is 2.68 bits per heavy atom. The lowest BCUT2D eigenvalue weighted by molar-refractivity contribution is 0.768. The number of benzene rings is 1. The lowest BCUT2D eigenvalue weighted by Gasteiger charge is -2.13. The summed E-state index contributed by atoms with van der Waals surface area (Å²) < 4.78 is 1.70. The number of anilines is 2. The first-order chi connectivity index (χ1) is 11.5. The number of hydrogen-bond acceptors (Lipinski definition) is 6. The second kappa shape index (κ2) is 7.77. The van der Waals surface area contributed by atoms with Crippen molar-refractivity contribution in [2.24, 2.45) is 12.8 Å². The maximum Gasteiger partial charge on any atom is 0.230 e. The van der Waals surface area contributed by atoms with Crippen molar-refractivity contribution in [3.05, 3.63) is 47.0 Å². The molecule has 3 rings (SSSR count). The van der Waals surface area contributed by atoms with Gasteiger partial charge < -0.3 is 11.1 Å². The number of hydrogen-bond donors (Lipinski definition) is 2. The predicted molar refractivity (Wildman–Crippen MR) is 101 cm³/mol. The average molecular weight is 380 g/mol. The van der Waals surface area contributed by atoms with Crippen LogP contribution >= 0.6 is 24.0 Å². The van der Waals surface area contributed by atoms with E-state index in [1.807, 2.05) is 39.2 Å². The molecule has 25 heavy (non-hydrogen) atoms. The first-order valence-corrected chi connectivity index (χ1v) is 7.83. The third-order valence-corrected chi connectivity index (χ3v) is 4.18. The average Bonchev–Trinajstić information content (AvgIpc) is 2.95. The first-order valence-electron chi connectivity index (χ1n) is 7.45. The molecule has 3 aromatic rings. The van der Waals surface area contributed by atoms with E-state index in [0.717, 1.165) is 22.4 Å². The summed E-state index contributed by atoms with van der Waals surface area (Å²) in [5.74, 6) is 0.992. The smallest absolute Gasteiger partial charge is 0.230 e. The van der Waals surface area contributed by atoms with Crippen molar-refractivity contribution in [1.29, 1.82) is 0 Å². The lowest BCUT2D eigenvalue weighted by Crippen LogP contribution is -2.07. The topological polar surface area (TPSA) is 94.5 Å². The molecular weight excluding hydrogens is 361 g/mol. The van der Waals surface area contributed by atoms with Gasteiger partial charge in [0.1, 0.15) is 6.33 Å². The van der Waals surface area contributed by atoms with Gasteiger partial charge in [-0.15, -0.1) is 12.4 Å². The van der Waals surface area contributed by atoms with E-state index in [2.05, 4.69) is 25.4 Å². The van der Waals surface area contributed by atoms with Gasteiger partial charge in [0.25, 0.3) is 0 Å². The van der Waals surface area contributed by atoms with Crippen LogP contribution in [0.1, 0.15) is 24.1 Å². The quantitative estimate of drug-likeness (QED) is 0.720. The number of nitrogens with zero attached hydrogens (tertiary/aromatic N) is 5. The van der Waals surface area contributed by atoms with Crippen molar-refractivity contribution in [2.45, 2.75) is 19.9 Å². The number of aromatic nitrogens is 5. The zero-order valence-corrected chi connectivity index (χ0v) is 15.6. The van der Waals surface area contributed by atoms with Crippen LogP contribution in [0, 0.1) is 6.92 Å². The van der Waals surface area contributed by atoms with Crippen molar-refractivity contribution >= 4 is 35.6 Å². The van der Waals surface area contributed by atoms with Crippen LogP contribution in [-0.4, -0.2) is 24.7 Å². The Labute approximate surface area is 157 Å². The Morgan fingerprint density at radius 2 is 2.04 bits per heavy atom. The van der Waals surface area contributed by atoms with Crippen LogP contribution in [0.3, 0.4) is 0 Å². The third-order valence-electron chi connectivity index (χ3n) is 3.68. The van der Waals surface area contributed by atoms with Crippen molar-refractivity contribution in [1.82, 2.24) is 24.7 Å². The Bertz CT molecular complexity index is 877. The maximum atomic E-state index is 6.44. The van der Waals surface area contributed by atoms with Crippen LogP contribution in [0.25, 0.3) is 11.4 Å². The van der Waals surface area contributed by atoms with E-state index in [1.165, 1.54) is 6.33 Å². The summed E-state index contributed by atoms with van der Waals surface area (Å²) in [4.78, 5) is 12.9. The van der Waals surface area contributed by atoms with E-state index in [-0.39, 0.29) is 18.4 Å². The lowest BCUT2D eigenvalue weighted by atomic mass is 10.0. The molecule has 0 fully saturated rings. The minimum atomic E-state index is -0.133. The summed E-state index contributed by atoms with van der Waals surface area (Å²) in [5, 5.41) is 7.84. The van der Waals surface area contributed by atoms with E-state index in [0.29, 0.717) is 16.8 Å². The number of nitrogens with one attached hydrogen (secondary N) is 1. The molecule has 9 heteroatoms. The first kappa shape index (κ1) is 19.1. The maximum absolute atomic E-state index is 6.44. The Morgan fingerprint density at radius 1 is 1.28 bits per heavy atom. The number of rotatable bonds is 4. The highest BCUT2D eigenvalue weighted by Crippen LogP contribution is 2.32. The fourth-order valence-electron chi connectivity index (χ4n) is 2.40. The summed E-state index contributed by atoms with van der Waals surface area (Å²) in [7, 11) is 1.84. The largest absolute Gasteiger partial charge is 0.324 e. The zero-order valence-electron chi connectivity index (χ0n) is 14.1. The van der Waals surface area contributed by atoms with Gasteiger partial charge in [0.05, 0.1) is 11.9 Å². The van der Waals surface area contributed by atoms with E-state index in [1.54, 1.807) is 10.9 Å². The number of aryl methyl sites for hydroxylation is 1. The molecule has 2 heterocycles. The SMILES string of the molecule is Cc1c(-c2ncnc(Nc3cnn(C)c3)n2)ccc([C@@H](C)N)c1Cl.Cl. The molecule has 0 bridgehead atoms. The van der Waals surface area contributed by atoms with Crippen LogP contribution in [0.15, 0.2) is 30.9 Å². The molecular formula is C16H19Cl2N7. The molecule has 0 radical (unpaired) electrons. The monoisotopic (exact) mass is 379 g/mol. The molecule has 3 N–H and O–H groups in total. The molecule has 0 saturated heterocycles. The number of halogens is 2. The molecule has 0 saturated carbocycles. The van der Waals surface area contributed by atoms with Crippen molar-refractivity contribution in [2.75, 3.05) is 5.32 Å². The summed E-state index contributed by atoms with van der Waals surface area (Å²) in [6.45, 7) is 3.83. The molecule has 0 unspecified atom stereocenters. The van der Waals surface area contributed by atoms with Crippen LogP contribution in [0.2, 0.25) is 5.02 Å². The van der Waals surface area contributed by atoms with Crippen molar-refractivity contribution < 1.29 is 0 Å². The fourth-order valence-corrected chi connectivity index (χ4v) is 2.74. The molecule has 0 spiro atoms. The van der Waals surface area contributed by atoms with Gasteiger partial charge in [0, 0.05) is 29.9 Å². The van der Waals surface area contributed by atoms with Crippen LogP contribution in [0.4, 0.5) is 11.6 Å². The molecule has 2 aromatic heterocycles. The van der Waals surface area contributed by atoms with Gasteiger partial charge in [0.2, 0.25) is 5.95 Å². The fraction of sp³-hybridized carbons (Fsp3) is 0.250. The summed E-state index contributed by atoms with van der Waals surface area (Å²) >= 11 is 6.44. The highest BCUT2D eigenvalue weighted by atomic mass is 35.5. The zero-order chi connectivity index (χ0) is 17.3. The number of nitrogens with two attached hydrogens (primary N) is 1. The van der Waals surface area contributed by atoms with Gasteiger partial charge in [-0.1, -0.05) is 23.7 Å². The molecule has 1 atom stereocenters. The second-order valence-corrected chi connectivity index (χ2v) is 5.97. The molecule has 7 nitrogen and oxygen atoms in total. The van der Waals surface area contributed by atoms with E-state index in [9.17, 15) is 0 Å². The molecule has 0 amide bonds. The standard InChI is InChI=1S/C16H18ClN7.ClH/c1-9-12(4-5-13(10(2)18)14(9)17)15-19-8-20-16(23-15)22-11-6-21-24(3)7-11;/h4-8,10H,18H2,1-3H3,(H,19,20,22,23);1H/t10-;/m1./s1. The van der Waals surface area contributed by atoms with E-state index >= 15 is 0 Å². The van der Waals surface area contributed by atoms with Crippen LogP contribution in [0.5, 0.6) is 0 Å². The molecule has 1 aromatic carbocycles. The third kappa shape index (κ3) is 4.07. The van der Waals surface area contributed by atoms with Gasteiger partial charge in [0.15, 0.2) is 5.82 Å². The predicted octanol–water partition coefficient (Wildman–Crippen LogP) is 3.42.